The summed E-state index contributed by atoms with van der Waals surface area (Å²) in [7, 11) is 0. The normalized spacial score (nSPS) is 13.3. The maximum atomic E-state index is 13.3. The van der Waals surface area contributed by atoms with Crippen molar-refractivity contribution in [1.29, 1.82) is 0 Å². The number of hydrogen-bond acceptors (Lipinski definition) is 2. The molecule has 0 aliphatic carbocycles. The van der Waals surface area contributed by atoms with Gasteiger partial charge in [0.25, 0.3) is 0 Å². The zero-order valence-corrected chi connectivity index (χ0v) is 8.65. The summed E-state index contributed by atoms with van der Waals surface area (Å²) in [6.07, 6.45) is -5.11. The van der Waals surface area contributed by atoms with Gasteiger partial charge in [0.1, 0.15) is 0 Å². The van der Waals surface area contributed by atoms with Crippen LogP contribution in [0.5, 0.6) is 5.75 Å². The van der Waals surface area contributed by atoms with Crippen molar-refractivity contribution < 1.29 is 31.5 Å². The third kappa shape index (κ3) is 3.55. The third-order valence-electron chi connectivity index (χ3n) is 1.65. The Hall–Kier alpha value is -1.37. The van der Waals surface area contributed by atoms with Crippen LogP contribution in [-0.2, 0) is 0 Å². The second kappa shape index (κ2) is 4.87. The first-order valence-corrected chi connectivity index (χ1v) is 4.52. The second-order valence-electron chi connectivity index (χ2n) is 2.83. The van der Waals surface area contributed by atoms with Gasteiger partial charge in [-0.15, -0.1) is 13.2 Å². The van der Waals surface area contributed by atoms with Crippen LogP contribution in [0.3, 0.4) is 0 Å². The van der Waals surface area contributed by atoms with E-state index in [-0.39, 0.29) is 0 Å². The molecule has 0 heterocycles. The molecule has 0 fully saturated rings. The molecule has 2 nitrogen and oxygen atoms in total. The molecule has 0 amide bonds. The number of hydrogen-bond donors (Lipinski definition) is 0. The zero-order chi connectivity index (χ0) is 13.2. The fourth-order valence-corrected chi connectivity index (χ4v) is 1.14. The van der Waals surface area contributed by atoms with Crippen LogP contribution in [0.25, 0.3) is 0 Å². The molecule has 0 aliphatic heterocycles. The lowest BCUT2D eigenvalue weighted by molar-refractivity contribution is -0.275. The molecule has 0 saturated carbocycles. The third-order valence-corrected chi connectivity index (χ3v) is 1.85. The van der Waals surface area contributed by atoms with Crippen LogP contribution in [0.2, 0.25) is 0 Å². The predicted octanol–water partition coefficient (Wildman–Crippen LogP) is 3.44. The van der Waals surface area contributed by atoms with Gasteiger partial charge < -0.3 is 4.74 Å². The molecule has 1 rings (SSSR count). The number of alkyl halides is 5. The van der Waals surface area contributed by atoms with E-state index in [9.17, 15) is 26.7 Å². The predicted molar refractivity (Wildman–Crippen MR) is 48.2 cm³/mol. The summed E-state index contributed by atoms with van der Waals surface area (Å²) in [5.41, 5.74) is -3.44. The first-order chi connectivity index (χ1) is 7.72. The lowest BCUT2D eigenvalue weighted by atomic mass is 10.1. The molecule has 0 aromatic heterocycles. The van der Waals surface area contributed by atoms with Crippen molar-refractivity contribution in [2.45, 2.75) is 12.0 Å². The first kappa shape index (κ1) is 13.7. The zero-order valence-electron chi connectivity index (χ0n) is 7.89. The number of ether oxygens (including phenoxy) is 1. The fourth-order valence-electron chi connectivity index (χ4n) is 1.02. The quantitative estimate of drug-likeness (QED) is 0.479. The Bertz CT molecular complexity index is 430. The topological polar surface area (TPSA) is 26.3 Å². The van der Waals surface area contributed by atoms with Gasteiger partial charge in [-0.2, -0.15) is 0 Å². The van der Waals surface area contributed by atoms with Crippen molar-refractivity contribution in [3.05, 3.63) is 29.6 Å². The molecule has 0 aliphatic rings. The number of carbonyl (C=O) groups excluding carboxylic acids is 1. The van der Waals surface area contributed by atoms with E-state index in [1.807, 2.05) is 0 Å². The van der Waals surface area contributed by atoms with Crippen molar-refractivity contribution in [3.8, 4) is 5.75 Å². The molecule has 1 aromatic rings. The van der Waals surface area contributed by atoms with Crippen molar-refractivity contribution in [1.82, 2.24) is 0 Å². The van der Waals surface area contributed by atoms with Gasteiger partial charge >= 0.3 is 6.36 Å². The smallest absolute Gasteiger partial charge is 0.403 e. The van der Waals surface area contributed by atoms with Crippen LogP contribution < -0.4 is 4.74 Å². The summed E-state index contributed by atoms with van der Waals surface area (Å²) in [6, 6.07) is 2.37. The molecular formula is C9H4ClF5O2. The molecule has 0 radical (unpaired) electrons. The van der Waals surface area contributed by atoms with Crippen LogP contribution in [-0.4, -0.2) is 17.8 Å². The highest BCUT2D eigenvalue weighted by Crippen LogP contribution is 2.28. The van der Waals surface area contributed by atoms with Crippen molar-refractivity contribution >= 4 is 17.4 Å². The van der Waals surface area contributed by atoms with E-state index >= 15 is 0 Å². The van der Waals surface area contributed by atoms with E-state index in [4.69, 9.17) is 11.6 Å². The lowest BCUT2D eigenvalue weighted by Gasteiger charge is -2.11. The maximum Gasteiger partial charge on any atom is 0.573 e. The van der Waals surface area contributed by atoms with Crippen molar-refractivity contribution in [2.75, 3.05) is 0 Å². The highest BCUT2D eigenvalue weighted by molar-refractivity contribution is 6.32. The van der Waals surface area contributed by atoms with Crippen LogP contribution >= 0.6 is 11.6 Å². The number of halogens is 6. The monoisotopic (exact) mass is 274 g/mol. The van der Waals surface area contributed by atoms with Gasteiger partial charge in [-0.1, -0.05) is 17.7 Å². The summed E-state index contributed by atoms with van der Waals surface area (Å²) >= 11 is 4.77. The summed E-state index contributed by atoms with van der Waals surface area (Å²) in [6.45, 7) is 0. The average molecular weight is 275 g/mol. The fraction of sp³-hybridized carbons (Fsp3) is 0.222. The molecule has 8 heteroatoms. The van der Waals surface area contributed by atoms with Crippen LogP contribution in [0.15, 0.2) is 18.2 Å². The SMILES string of the molecule is O=C(c1cccc(OC(F)(F)F)c1F)C(F)Cl. The summed E-state index contributed by atoms with van der Waals surface area (Å²) in [5.74, 6) is -4.31. The Morgan fingerprint density at radius 3 is 2.41 bits per heavy atom. The average Bonchev–Trinajstić information content (AvgIpc) is 2.18. The number of carbonyl (C=O) groups is 1. The van der Waals surface area contributed by atoms with Gasteiger partial charge in [0.15, 0.2) is 11.6 Å². The number of Topliss-reactive ketones (excluding diaryl/α,β-unsaturated/α-hetero) is 1. The molecule has 17 heavy (non-hydrogen) atoms. The number of ketones is 1. The molecule has 1 aromatic carbocycles. The Morgan fingerprint density at radius 2 is 1.94 bits per heavy atom. The van der Waals surface area contributed by atoms with Gasteiger partial charge in [0.2, 0.25) is 11.4 Å². The number of benzene rings is 1. The van der Waals surface area contributed by atoms with Crippen LogP contribution in [0, 0.1) is 5.82 Å². The Balaban J connectivity index is 3.12. The summed E-state index contributed by atoms with van der Waals surface area (Å²) in [4.78, 5) is 11.0. The van der Waals surface area contributed by atoms with Gasteiger partial charge in [0.05, 0.1) is 5.56 Å². The molecule has 94 valence electrons. The molecule has 0 saturated heterocycles. The molecule has 1 unspecified atom stereocenters. The van der Waals surface area contributed by atoms with Crippen LogP contribution in [0.4, 0.5) is 22.0 Å². The highest BCUT2D eigenvalue weighted by atomic mass is 35.5. The van der Waals surface area contributed by atoms with E-state index in [0.29, 0.717) is 6.07 Å². The maximum absolute atomic E-state index is 13.3. The van der Waals surface area contributed by atoms with Gasteiger partial charge in [0, 0.05) is 0 Å². The summed E-state index contributed by atoms with van der Waals surface area (Å²) in [5, 5.41) is 0. The minimum absolute atomic E-state index is 0.654. The minimum Gasteiger partial charge on any atom is -0.403 e. The van der Waals surface area contributed by atoms with E-state index in [1.165, 1.54) is 0 Å². The second-order valence-corrected chi connectivity index (χ2v) is 3.21. The van der Waals surface area contributed by atoms with Gasteiger partial charge in [-0.05, 0) is 12.1 Å². The largest absolute Gasteiger partial charge is 0.573 e. The van der Waals surface area contributed by atoms with E-state index in [2.05, 4.69) is 4.74 Å². The van der Waals surface area contributed by atoms with Crippen molar-refractivity contribution in [3.63, 3.8) is 0 Å². The Morgan fingerprint density at radius 1 is 1.35 bits per heavy atom. The Labute approximate surface area is 96.9 Å². The molecule has 0 spiro atoms. The lowest BCUT2D eigenvalue weighted by Crippen LogP contribution is -2.19. The molecule has 0 bridgehead atoms. The van der Waals surface area contributed by atoms with E-state index in [0.717, 1.165) is 12.1 Å². The Kier molecular flexibility index (Phi) is 3.92. The van der Waals surface area contributed by atoms with Crippen LogP contribution in [0.1, 0.15) is 10.4 Å². The number of rotatable bonds is 3. The van der Waals surface area contributed by atoms with E-state index < -0.39 is 34.9 Å². The molecule has 1 atom stereocenters. The van der Waals surface area contributed by atoms with E-state index in [1.54, 1.807) is 0 Å². The van der Waals surface area contributed by atoms with Gasteiger partial charge in [-0.25, -0.2) is 8.78 Å². The van der Waals surface area contributed by atoms with Gasteiger partial charge in [-0.3, -0.25) is 4.79 Å². The summed E-state index contributed by atoms with van der Waals surface area (Å²) < 4.78 is 64.6. The molecular weight excluding hydrogens is 271 g/mol. The molecule has 0 N–H and O–H groups in total. The minimum atomic E-state index is -5.11. The standard InChI is InChI=1S/C9H4ClF5O2/c10-8(12)7(16)4-2-1-3-5(6(4)11)17-9(13,14)15/h1-3,8H. The highest BCUT2D eigenvalue weighted by Gasteiger charge is 2.33. The first-order valence-electron chi connectivity index (χ1n) is 4.09. The van der Waals surface area contributed by atoms with Crippen molar-refractivity contribution in [2.24, 2.45) is 0 Å².